The summed E-state index contributed by atoms with van der Waals surface area (Å²) >= 11 is 0. The minimum absolute atomic E-state index is 0.138. The van der Waals surface area contributed by atoms with Crippen LogP contribution in [0.1, 0.15) is 83.8 Å². The van der Waals surface area contributed by atoms with E-state index in [0.717, 1.165) is 62.7 Å². The van der Waals surface area contributed by atoms with Crippen molar-refractivity contribution >= 4 is 5.95 Å². The first-order chi connectivity index (χ1) is 17.2. The van der Waals surface area contributed by atoms with Crippen LogP contribution in [-0.2, 0) is 10.8 Å². The summed E-state index contributed by atoms with van der Waals surface area (Å²) in [5.74, 6) is 1.69. The largest absolute Gasteiger partial charge is 0.396 e. The predicted octanol–water partition coefficient (Wildman–Crippen LogP) is 4.22. The molecule has 2 heterocycles. The zero-order valence-electron chi connectivity index (χ0n) is 22.6. The molecule has 1 aliphatic heterocycles. The van der Waals surface area contributed by atoms with Gasteiger partial charge in [-0.15, -0.1) is 0 Å². The molecule has 198 valence electrons. The molecule has 7 nitrogen and oxygen atoms in total. The number of anilines is 1. The minimum Gasteiger partial charge on any atom is -0.396 e. The molecule has 0 radical (unpaired) electrons. The van der Waals surface area contributed by atoms with Crippen molar-refractivity contribution in [3.05, 3.63) is 35.7 Å². The number of aromatic nitrogens is 3. The molecule has 1 aromatic heterocycles. The molecule has 0 amide bonds. The van der Waals surface area contributed by atoms with Gasteiger partial charge in [-0.25, -0.2) is 9.97 Å². The maximum atomic E-state index is 9.45. The Morgan fingerprint density at radius 2 is 1.78 bits per heavy atom. The van der Waals surface area contributed by atoms with Crippen molar-refractivity contribution in [1.82, 2.24) is 20.3 Å². The third-order valence-corrected chi connectivity index (χ3v) is 8.46. The second-order valence-corrected chi connectivity index (χ2v) is 12.1. The Morgan fingerprint density at radius 3 is 2.53 bits per heavy atom. The van der Waals surface area contributed by atoms with E-state index in [1.54, 1.807) is 6.33 Å². The summed E-state index contributed by atoms with van der Waals surface area (Å²) in [6, 6.07) is 7.24. The fourth-order valence-corrected chi connectivity index (χ4v) is 5.81. The van der Waals surface area contributed by atoms with Crippen LogP contribution in [0.4, 0.5) is 5.95 Å². The van der Waals surface area contributed by atoms with Gasteiger partial charge in [0.2, 0.25) is 5.95 Å². The zero-order valence-corrected chi connectivity index (χ0v) is 22.6. The lowest BCUT2D eigenvalue weighted by Crippen LogP contribution is -2.33. The van der Waals surface area contributed by atoms with Crippen LogP contribution in [-0.4, -0.2) is 64.1 Å². The Morgan fingerprint density at radius 1 is 1.00 bits per heavy atom. The third kappa shape index (κ3) is 6.24. The number of aliphatic hydroxyl groups is 2. The molecule has 2 aliphatic rings. The van der Waals surface area contributed by atoms with Crippen molar-refractivity contribution in [2.45, 2.75) is 89.5 Å². The van der Waals surface area contributed by atoms with E-state index in [2.05, 4.69) is 66.1 Å². The molecule has 2 atom stereocenters. The lowest BCUT2D eigenvalue weighted by molar-refractivity contribution is 0.175. The first-order valence-corrected chi connectivity index (χ1v) is 13.8. The summed E-state index contributed by atoms with van der Waals surface area (Å²) in [4.78, 5) is 16.3. The van der Waals surface area contributed by atoms with E-state index in [9.17, 15) is 5.11 Å². The van der Waals surface area contributed by atoms with E-state index >= 15 is 0 Å². The highest BCUT2D eigenvalue weighted by Crippen LogP contribution is 2.46. The highest BCUT2D eigenvalue weighted by molar-refractivity contribution is 5.61. The van der Waals surface area contributed by atoms with Gasteiger partial charge in [-0.1, -0.05) is 39.8 Å². The molecule has 2 aromatic rings. The summed E-state index contributed by atoms with van der Waals surface area (Å²) in [6.45, 7) is 12.4. The molecule has 0 bridgehead atoms. The molecule has 2 unspecified atom stereocenters. The molecule has 0 saturated carbocycles. The van der Waals surface area contributed by atoms with Gasteiger partial charge in [0.05, 0.1) is 0 Å². The number of aliphatic hydroxyl groups excluding tert-OH is 2. The Hall–Kier alpha value is -2.09. The maximum Gasteiger partial charge on any atom is 0.228 e. The highest BCUT2D eigenvalue weighted by Gasteiger charge is 2.37. The first kappa shape index (κ1) is 27.0. The predicted molar refractivity (Wildman–Crippen MR) is 145 cm³/mol. The van der Waals surface area contributed by atoms with Crippen molar-refractivity contribution in [2.75, 3.05) is 37.7 Å². The zero-order chi connectivity index (χ0) is 25.8. The number of hydrogen-bond acceptors (Lipinski definition) is 7. The standard InChI is InChI=1S/C29H45N5O2/c1-28(2)12-13-29(3,4)25-18-22(7-8-24(25)28)26-31-20-32-27(33-26)34-15-5-6-23(10-16-34)30-14-9-21(19-36)11-17-35/h7-8,18,20-21,23,30,35-36H,5-6,9-17,19H2,1-4H3. The van der Waals surface area contributed by atoms with Crippen LogP contribution in [0.15, 0.2) is 24.5 Å². The van der Waals surface area contributed by atoms with Gasteiger partial charge in [-0.3, -0.25) is 0 Å². The maximum absolute atomic E-state index is 9.45. The van der Waals surface area contributed by atoms with Gasteiger partial charge in [0.15, 0.2) is 5.82 Å². The van der Waals surface area contributed by atoms with Crippen molar-refractivity contribution in [1.29, 1.82) is 0 Å². The van der Waals surface area contributed by atoms with E-state index in [-0.39, 0.29) is 30.0 Å². The van der Waals surface area contributed by atoms with E-state index in [0.29, 0.717) is 12.5 Å². The molecule has 36 heavy (non-hydrogen) atoms. The summed E-state index contributed by atoms with van der Waals surface area (Å²) in [5, 5.41) is 22.2. The van der Waals surface area contributed by atoms with Crippen LogP contribution in [0.25, 0.3) is 11.4 Å². The van der Waals surface area contributed by atoms with Gasteiger partial charge < -0.3 is 20.4 Å². The van der Waals surface area contributed by atoms with Crippen LogP contribution in [0, 0.1) is 5.92 Å². The summed E-state index contributed by atoms with van der Waals surface area (Å²) in [6.07, 6.45) is 8.84. The van der Waals surface area contributed by atoms with Crippen LogP contribution in [0.2, 0.25) is 0 Å². The quantitative estimate of drug-likeness (QED) is 0.480. The number of benzene rings is 1. The van der Waals surface area contributed by atoms with Crippen LogP contribution in [0.3, 0.4) is 0 Å². The SMILES string of the molecule is CC1(C)CCC(C)(C)c2cc(-c3ncnc(N4CCCC(NCCC(CO)CCO)CC4)n3)ccc21. The van der Waals surface area contributed by atoms with E-state index in [4.69, 9.17) is 10.1 Å². The van der Waals surface area contributed by atoms with E-state index < -0.39 is 0 Å². The average Bonchev–Trinajstić information content (AvgIpc) is 3.12. The van der Waals surface area contributed by atoms with Crippen molar-refractivity contribution < 1.29 is 10.2 Å². The molecular formula is C29H45N5O2. The van der Waals surface area contributed by atoms with E-state index in [1.165, 1.54) is 24.0 Å². The fourth-order valence-electron chi connectivity index (χ4n) is 5.81. The molecule has 1 fully saturated rings. The van der Waals surface area contributed by atoms with Crippen molar-refractivity contribution in [3.8, 4) is 11.4 Å². The van der Waals surface area contributed by atoms with Gasteiger partial charge in [0, 0.05) is 37.9 Å². The molecule has 0 spiro atoms. The highest BCUT2D eigenvalue weighted by atomic mass is 16.3. The summed E-state index contributed by atoms with van der Waals surface area (Å²) in [7, 11) is 0. The summed E-state index contributed by atoms with van der Waals surface area (Å²) in [5.41, 5.74) is 4.29. The fraction of sp³-hybridized carbons (Fsp3) is 0.690. The van der Waals surface area contributed by atoms with E-state index in [1.807, 2.05) is 0 Å². The third-order valence-electron chi connectivity index (χ3n) is 8.46. The lowest BCUT2D eigenvalue weighted by atomic mass is 9.63. The first-order valence-electron chi connectivity index (χ1n) is 13.8. The Bertz CT molecular complexity index is 1010. The monoisotopic (exact) mass is 495 g/mol. The summed E-state index contributed by atoms with van der Waals surface area (Å²) < 4.78 is 0. The number of nitrogens with one attached hydrogen (secondary N) is 1. The van der Waals surface area contributed by atoms with Gasteiger partial charge >= 0.3 is 0 Å². The smallest absolute Gasteiger partial charge is 0.228 e. The van der Waals surface area contributed by atoms with Gasteiger partial charge in [0.25, 0.3) is 0 Å². The molecule has 4 rings (SSSR count). The lowest BCUT2D eigenvalue weighted by Gasteiger charge is -2.42. The van der Waals surface area contributed by atoms with Crippen LogP contribution >= 0.6 is 0 Å². The number of hydrogen-bond donors (Lipinski definition) is 3. The Balaban J connectivity index is 1.43. The number of rotatable bonds is 9. The number of nitrogens with zero attached hydrogens (tertiary/aromatic N) is 4. The van der Waals surface area contributed by atoms with Gasteiger partial charge in [-0.05, 0) is 85.4 Å². The molecule has 1 aromatic carbocycles. The van der Waals surface area contributed by atoms with Crippen LogP contribution < -0.4 is 10.2 Å². The number of fused-ring (bicyclic) bond motifs is 1. The van der Waals surface area contributed by atoms with Crippen LogP contribution in [0.5, 0.6) is 0 Å². The van der Waals surface area contributed by atoms with Crippen molar-refractivity contribution in [2.24, 2.45) is 5.92 Å². The molecule has 1 saturated heterocycles. The van der Waals surface area contributed by atoms with Gasteiger partial charge in [-0.2, -0.15) is 4.98 Å². The average molecular weight is 496 g/mol. The Labute approximate surface area is 216 Å². The van der Waals surface area contributed by atoms with Gasteiger partial charge in [0.1, 0.15) is 6.33 Å². The molecular weight excluding hydrogens is 450 g/mol. The topological polar surface area (TPSA) is 94.4 Å². The molecule has 1 aliphatic carbocycles. The minimum atomic E-state index is 0.138. The van der Waals surface area contributed by atoms with Crippen molar-refractivity contribution in [3.63, 3.8) is 0 Å². The normalized spacial score (nSPS) is 22.1. The molecule has 3 N–H and O–H groups in total. The molecule has 7 heteroatoms. The second-order valence-electron chi connectivity index (χ2n) is 12.1. The second kappa shape index (κ2) is 11.5. The Kier molecular flexibility index (Phi) is 8.63.